The molecule has 0 aliphatic heterocycles. The Kier molecular flexibility index (Phi) is 7.20. The molecule has 0 bridgehead atoms. The van der Waals surface area contributed by atoms with Crippen LogP contribution in [0.1, 0.15) is 18.2 Å². The van der Waals surface area contributed by atoms with E-state index in [2.05, 4.69) is 20.2 Å². The lowest BCUT2D eigenvalue weighted by Crippen LogP contribution is -2.17. The lowest BCUT2D eigenvalue weighted by molar-refractivity contribution is -0.274. The van der Waals surface area contributed by atoms with E-state index < -0.39 is 6.36 Å². The molecule has 1 heterocycles. The van der Waals surface area contributed by atoms with Crippen molar-refractivity contribution in [2.75, 3.05) is 12.0 Å². The topological polar surface area (TPSA) is 72.8 Å². The number of carbonyl (C=O) groups excluding carboxylic acids is 1. The SMILES string of the molecule is CCOC(=O)Cc1csc(NN=Cc2ccc(I)c(OC(F)(F)F)c2)n1. The number of halogens is 4. The van der Waals surface area contributed by atoms with E-state index in [0.717, 1.165) is 0 Å². The number of hydrazone groups is 1. The van der Waals surface area contributed by atoms with Gasteiger partial charge in [0.05, 0.1) is 28.5 Å². The summed E-state index contributed by atoms with van der Waals surface area (Å²) in [6.45, 7) is 2.02. The maximum atomic E-state index is 12.4. The van der Waals surface area contributed by atoms with Gasteiger partial charge in [-0.3, -0.25) is 10.2 Å². The van der Waals surface area contributed by atoms with Gasteiger partial charge in [-0.25, -0.2) is 4.98 Å². The Morgan fingerprint density at radius 1 is 1.46 bits per heavy atom. The van der Waals surface area contributed by atoms with Crippen LogP contribution in [0.2, 0.25) is 0 Å². The Balaban J connectivity index is 1.97. The first-order valence-corrected chi connectivity index (χ1v) is 9.17. The van der Waals surface area contributed by atoms with Gasteiger partial charge in [0.25, 0.3) is 0 Å². The second-order valence-corrected chi connectivity index (χ2v) is 6.75. The molecule has 1 aromatic carbocycles. The van der Waals surface area contributed by atoms with Crippen molar-refractivity contribution in [1.29, 1.82) is 0 Å². The van der Waals surface area contributed by atoms with Crippen LogP contribution in [0, 0.1) is 3.57 Å². The quantitative estimate of drug-likeness (QED) is 0.268. The third-order valence-corrected chi connectivity index (χ3v) is 4.42. The number of thiazole rings is 1. The number of hydrogen-bond donors (Lipinski definition) is 1. The van der Waals surface area contributed by atoms with Crippen LogP contribution in [0.5, 0.6) is 5.75 Å². The van der Waals surface area contributed by atoms with Crippen LogP contribution in [0.3, 0.4) is 0 Å². The molecule has 26 heavy (non-hydrogen) atoms. The lowest BCUT2D eigenvalue weighted by Gasteiger charge is -2.10. The van der Waals surface area contributed by atoms with Gasteiger partial charge in [-0.1, -0.05) is 6.07 Å². The molecule has 0 aliphatic carbocycles. The standard InChI is InChI=1S/C15H13F3IN3O3S/c1-2-24-13(23)6-10-8-26-14(21-10)22-20-7-9-3-4-11(19)12(5-9)25-15(16,17)18/h3-5,7-8H,2,6H2,1H3,(H,21,22). The van der Waals surface area contributed by atoms with Gasteiger partial charge >= 0.3 is 12.3 Å². The summed E-state index contributed by atoms with van der Waals surface area (Å²) in [5.41, 5.74) is 3.62. The smallest absolute Gasteiger partial charge is 0.466 e. The number of nitrogens with zero attached hydrogens (tertiary/aromatic N) is 2. The van der Waals surface area contributed by atoms with Crippen LogP contribution < -0.4 is 10.2 Å². The van der Waals surface area contributed by atoms with Crippen molar-refractivity contribution in [3.05, 3.63) is 38.4 Å². The van der Waals surface area contributed by atoms with Crippen molar-refractivity contribution >= 4 is 51.2 Å². The Labute approximate surface area is 164 Å². The molecule has 11 heteroatoms. The second-order valence-electron chi connectivity index (χ2n) is 4.73. The van der Waals surface area contributed by atoms with E-state index in [-0.39, 0.29) is 18.1 Å². The Bertz CT molecular complexity index is 796. The van der Waals surface area contributed by atoms with Crippen molar-refractivity contribution in [3.63, 3.8) is 0 Å². The highest BCUT2D eigenvalue weighted by molar-refractivity contribution is 14.1. The van der Waals surface area contributed by atoms with Crippen molar-refractivity contribution in [1.82, 2.24) is 4.98 Å². The highest BCUT2D eigenvalue weighted by atomic mass is 127. The predicted octanol–water partition coefficient (Wildman–Crippen LogP) is 4.20. The van der Waals surface area contributed by atoms with Crippen LogP contribution in [0.4, 0.5) is 18.3 Å². The molecule has 140 valence electrons. The molecule has 0 fully saturated rings. The van der Waals surface area contributed by atoms with Crippen molar-refractivity contribution < 1.29 is 27.4 Å². The van der Waals surface area contributed by atoms with Crippen molar-refractivity contribution in [3.8, 4) is 5.75 Å². The van der Waals surface area contributed by atoms with Crippen LogP contribution in [0.15, 0.2) is 28.7 Å². The van der Waals surface area contributed by atoms with Crippen LogP contribution in [-0.4, -0.2) is 30.1 Å². The van der Waals surface area contributed by atoms with Gasteiger partial charge in [0.2, 0.25) is 5.13 Å². The molecule has 0 unspecified atom stereocenters. The molecular formula is C15H13F3IN3O3S. The van der Waals surface area contributed by atoms with E-state index >= 15 is 0 Å². The maximum absolute atomic E-state index is 12.4. The summed E-state index contributed by atoms with van der Waals surface area (Å²) in [5.74, 6) is -0.669. The second kappa shape index (κ2) is 9.16. The normalized spacial score (nSPS) is 11.6. The molecule has 0 saturated heterocycles. The summed E-state index contributed by atoms with van der Waals surface area (Å²) in [7, 11) is 0. The molecule has 0 atom stereocenters. The van der Waals surface area contributed by atoms with E-state index in [4.69, 9.17) is 4.74 Å². The summed E-state index contributed by atoms with van der Waals surface area (Å²) in [6.07, 6.45) is -3.36. The average Bonchev–Trinajstić information content (AvgIpc) is 2.96. The minimum Gasteiger partial charge on any atom is -0.466 e. The van der Waals surface area contributed by atoms with Gasteiger partial charge in [0.1, 0.15) is 5.75 Å². The molecule has 2 rings (SSSR count). The molecule has 2 aromatic rings. The third kappa shape index (κ3) is 6.78. The Morgan fingerprint density at radius 3 is 2.92 bits per heavy atom. The fourth-order valence-corrected chi connectivity index (χ4v) is 2.87. The first-order chi connectivity index (χ1) is 12.3. The largest absolute Gasteiger partial charge is 0.573 e. The Morgan fingerprint density at radius 2 is 2.23 bits per heavy atom. The zero-order chi connectivity index (χ0) is 19.2. The molecule has 0 amide bonds. The minimum absolute atomic E-state index is 0.0605. The van der Waals surface area contributed by atoms with Gasteiger partial charge in [-0.15, -0.1) is 24.5 Å². The molecule has 0 spiro atoms. The molecule has 0 saturated carbocycles. The number of nitrogens with one attached hydrogen (secondary N) is 1. The number of aromatic nitrogens is 1. The summed E-state index contributed by atoms with van der Waals surface area (Å²) < 4.78 is 46.2. The minimum atomic E-state index is -4.76. The molecule has 6 nitrogen and oxygen atoms in total. The van der Waals surface area contributed by atoms with E-state index in [0.29, 0.717) is 26.6 Å². The lowest BCUT2D eigenvalue weighted by atomic mass is 10.2. The fraction of sp³-hybridized carbons (Fsp3) is 0.267. The van der Waals surface area contributed by atoms with Crippen LogP contribution in [-0.2, 0) is 16.0 Å². The zero-order valence-corrected chi connectivity index (χ0v) is 16.3. The van der Waals surface area contributed by atoms with E-state index in [9.17, 15) is 18.0 Å². The Hall–Kier alpha value is -1.89. The molecule has 0 aliphatic rings. The number of esters is 1. The molecule has 1 aromatic heterocycles. The monoisotopic (exact) mass is 499 g/mol. The van der Waals surface area contributed by atoms with Crippen molar-refractivity contribution in [2.45, 2.75) is 19.7 Å². The first kappa shape index (κ1) is 20.4. The zero-order valence-electron chi connectivity index (χ0n) is 13.3. The van der Waals surface area contributed by atoms with Crippen LogP contribution >= 0.6 is 33.9 Å². The van der Waals surface area contributed by atoms with Gasteiger partial charge in [-0.2, -0.15) is 5.10 Å². The summed E-state index contributed by atoms with van der Waals surface area (Å²) in [5, 5.41) is 6.06. The number of ether oxygens (including phenoxy) is 2. The third-order valence-electron chi connectivity index (χ3n) is 2.74. The van der Waals surface area contributed by atoms with Gasteiger partial charge < -0.3 is 9.47 Å². The first-order valence-electron chi connectivity index (χ1n) is 7.21. The summed E-state index contributed by atoms with van der Waals surface area (Å²) in [6, 6.07) is 4.32. The van der Waals surface area contributed by atoms with Gasteiger partial charge in [0.15, 0.2) is 0 Å². The molecule has 0 radical (unpaired) electrons. The number of carbonyl (C=O) groups is 1. The average molecular weight is 499 g/mol. The summed E-state index contributed by atoms with van der Waals surface area (Å²) >= 11 is 2.99. The summed E-state index contributed by atoms with van der Waals surface area (Å²) in [4.78, 5) is 15.5. The van der Waals surface area contributed by atoms with Gasteiger partial charge in [0, 0.05) is 5.38 Å². The fourth-order valence-electron chi connectivity index (χ4n) is 1.76. The number of benzene rings is 1. The van der Waals surface area contributed by atoms with E-state index in [1.807, 2.05) is 0 Å². The highest BCUT2D eigenvalue weighted by Gasteiger charge is 2.31. The van der Waals surface area contributed by atoms with Gasteiger partial charge in [-0.05, 0) is 47.2 Å². The molecule has 1 N–H and O–H groups in total. The number of hydrogen-bond acceptors (Lipinski definition) is 7. The highest BCUT2D eigenvalue weighted by Crippen LogP contribution is 2.28. The van der Waals surface area contributed by atoms with Crippen LogP contribution in [0.25, 0.3) is 0 Å². The predicted molar refractivity (Wildman–Crippen MR) is 99.5 cm³/mol. The number of anilines is 1. The van der Waals surface area contributed by atoms with E-state index in [1.165, 1.54) is 29.7 Å². The maximum Gasteiger partial charge on any atom is 0.573 e. The van der Waals surface area contributed by atoms with E-state index in [1.54, 1.807) is 41.0 Å². The molecular weight excluding hydrogens is 486 g/mol. The number of alkyl halides is 3. The number of rotatable bonds is 7. The van der Waals surface area contributed by atoms with Crippen molar-refractivity contribution in [2.24, 2.45) is 5.10 Å².